The van der Waals surface area contributed by atoms with E-state index >= 15 is 0 Å². The topological polar surface area (TPSA) is 57.8 Å². The molecule has 2 aromatic rings. The SMILES string of the molecule is CCc1cc(NC(=O)CSCc2cccc(C)c2)n[nH]1. The quantitative estimate of drug-likeness (QED) is 0.859. The first kappa shape index (κ1) is 14.7. The molecule has 0 fully saturated rings. The Balaban J connectivity index is 1.75. The number of benzene rings is 1. The molecule has 0 aliphatic carbocycles. The summed E-state index contributed by atoms with van der Waals surface area (Å²) in [5.41, 5.74) is 3.51. The van der Waals surface area contributed by atoms with E-state index in [1.165, 1.54) is 11.1 Å². The van der Waals surface area contributed by atoms with Crippen molar-refractivity contribution >= 4 is 23.5 Å². The van der Waals surface area contributed by atoms with Crippen LogP contribution in [0.4, 0.5) is 5.82 Å². The number of aromatic amines is 1. The standard InChI is InChI=1S/C15H19N3OS/c1-3-13-8-14(18-17-13)16-15(19)10-20-9-12-6-4-5-11(2)7-12/h4-8H,3,9-10H2,1-2H3,(H2,16,17,18,19). The molecule has 0 unspecified atom stereocenters. The number of rotatable bonds is 6. The first-order valence-electron chi connectivity index (χ1n) is 6.65. The van der Waals surface area contributed by atoms with Crippen LogP contribution < -0.4 is 5.32 Å². The highest BCUT2D eigenvalue weighted by Crippen LogP contribution is 2.14. The largest absolute Gasteiger partial charge is 0.308 e. The lowest BCUT2D eigenvalue weighted by molar-refractivity contribution is -0.113. The fourth-order valence-corrected chi connectivity index (χ4v) is 2.62. The zero-order chi connectivity index (χ0) is 14.4. The fourth-order valence-electron chi connectivity index (χ4n) is 1.85. The summed E-state index contributed by atoms with van der Waals surface area (Å²) in [6.45, 7) is 4.11. The molecule has 4 nitrogen and oxygen atoms in total. The van der Waals surface area contributed by atoms with Gasteiger partial charge in [-0.3, -0.25) is 9.89 Å². The molecule has 1 heterocycles. The van der Waals surface area contributed by atoms with Crippen molar-refractivity contribution in [2.24, 2.45) is 0 Å². The molecule has 0 aliphatic heterocycles. The molecular formula is C15H19N3OS. The minimum atomic E-state index is -0.0168. The van der Waals surface area contributed by atoms with E-state index in [2.05, 4.69) is 40.6 Å². The number of anilines is 1. The molecule has 1 aromatic heterocycles. The molecular weight excluding hydrogens is 270 g/mol. The highest BCUT2D eigenvalue weighted by Gasteiger charge is 2.05. The number of thioether (sulfide) groups is 1. The molecule has 106 valence electrons. The highest BCUT2D eigenvalue weighted by atomic mass is 32.2. The van der Waals surface area contributed by atoms with Gasteiger partial charge in [0.1, 0.15) is 0 Å². The van der Waals surface area contributed by atoms with Gasteiger partial charge < -0.3 is 5.32 Å². The van der Waals surface area contributed by atoms with E-state index in [0.717, 1.165) is 17.9 Å². The average Bonchev–Trinajstić information content (AvgIpc) is 2.86. The maximum atomic E-state index is 11.8. The van der Waals surface area contributed by atoms with E-state index in [1.54, 1.807) is 11.8 Å². The van der Waals surface area contributed by atoms with Crippen molar-refractivity contribution in [1.82, 2.24) is 10.2 Å². The number of nitrogens with zero attached hydrogens (tertiary/aromatic N) is 1. The predicted molar refractivity (Wildman–Crippen MR) is 83.9 cm³/mol. The molecule has 0 bridgehead atoms. The first-order valence-corrected chi connectivity index (χ1v) is 7.80. The van der Waals surface area contributed by atoms with E-state index in [-0.39, 0.29) is 5.91 Å². The number of carbonyl (C=O) groups excluding carboxylic acids is 1. The lowest BCUT2D eigenvalue weighted by Gasteiger charge is -2.03. The molecule has 0 atom stereocenters. The Kier molecular flexibility index (Phi) is 5.24. The normalized spacial score (nSPS) is 10.5. The summed E-state index contributed by atoms with van der Waals surface area (Å²) in [4.78, 5) is 11.8. The summed E-state index contributed by atoms with van der Waals surface area (Å²) in [6, 6.07) is 10.2. The van der Waals surface area contributed by atoms with Crippen LogP contribution in [-0.2, 0) is 17.0 Å². The summed E-state index contributed by atoms with van der Waals surface area (Å²) in [6.07, 6.45) is 0.880. The molecule has 0 saturated carbocycles. The summed E-state index contributed by atoms with van der Waals surface area (Å²) < 4.78 is 0. The van der Waals surface area contributed by atoms with Crippen molar-refractivity contribution in [3.8, 4) is 0 Å². The maximum Gasteiger partial charge on any atom is 0.235 e. The van der Waals surface area contributed by atoms with Crippen LogP contribution in [0.15, 0.2) is 30.3 Å². The van der Waals surface area contributed by atoms with Crippen LogP contribution in [0.3, 0.4) is 0 Å². The zero-order valence-electron chi connectivity index (χ0n) is 11.8. The van der Waals surface area contributed by atoms with Crippen LogP contribution in [-0.4, -0.2) is 21.9 Å². The van der Waals surface area contributed by atoms with Gasteiger partial charge in [-0.05, 0) is 18.9 Å². The van der Waals surface area contributed by atoms with Crippen molar-refractivity contribution in [2.45, 2.75) is 26.0 Å². The molecule has 0 radical (unpaired) electrons. The Hall–Kier alpha value is -1.75. The van der Waals surface area contributed by atoms with Crippen LogP contribution in [0, 0.1) is 6.92 Å². The van der Waals surface area contributed by atoms with Gasteiger partial charge in [0.05, 0.1) is 5.75 Å². The number of hydrogen-bond acceptors (Lipinski definition) is 3. The summed E-state index contributed by atoms with van der Waals surface area (Å²) in [5, 5.41) is 9.71. The molecule has 0 aliphatic rings. The minimum absolute atomic E-state index is 0.0168. The van der Waals surface area contributed by atoms with Gasteiger partial charge in [-0.15, -0.1) is 11.8 Å². The monoisotopic (exact) mass is 289 g/mol. The Bertz CT molecular complexity index is 580. The third kappa shape index (κ3) is 4.42. The molecule has 5 heteroatoms. The summed E-state index contributed by atoms with van der Waals surface area (Å²) in [7, 11) is 0. The van der Waals surface area contributed by atoms with Gasteiger partial charge in [0.25, 0.3) is 0 Å². The summed E-state index contributed by atoms with van der Waals surface area (Å²) >= 11 is 1.60. The van der Waals surface area contributed by atoms with Crippen molar-refractivity contribution < 1.29 is 4.79 Å². The number of amides is 1. The maximum absolute atomic E-state index is 11.8. The number of aromatic nitrogens is 2. The molecule has 0 saturated heterocycles. The lowest BCUT2D eigenvalue weighted by Crippen LogP contribution is -2.14. The van der Waals surface area contributed by atoms with Crippen LogP contribution in [0.25, 0.3) is 0 Å². The number of carbonyl (C=O) groups is 1. The van der Waals surface area contributed by atoms with Gasteiger partial charge in [-0.2, -0.15) is 5.10 Å². The Morgan fingerprint density at radius 3 is 2.95 bits per heavy atom. The molecule has 2 rings (SSSR count). The fraction of sp³-hybridized carbons (Fsp3) is 0.333. The van der Waals surface area contributed by atoms with Crippen molar-refractivity contribution in [3.63, 3.8) is 0 Å². The predicted octanol–water partition coefficient (Wildman–Crippen LogP) is 3.15. The molecule has 0 spiro atoms. The van der Waals surface area contributed by atoms with Gasteiger partial charge in [0.2, 0.25) is 5.91 Å². The first-order chi connectivity index (χ1) is 9.67. The van der Waals surface area contributed by atoms with Gasteiger partial charge in [0.15, 0.2) is 5.82 Å². The van der Waals surface area contributed by atoms with Crippen molar-refractivity contribution in [3.05, 3.63) is 47.2 Å². The van der Waals surface area contributed by atoms with Crippen LogP contribution in [0.1, 0.15) is 23.7 Å². The lowest BCUT2D eigenvalue weighted by atomic mass is 10.2. The molecule has 20 heavy (non-hydrogen) atoms. The zero-order valence-corrected chi connectivity index (χ0v) is 12.6. The van der Waals surface area contributed by atoms with Gasteiger partial charge in [-0.25, -0.2) is 0 Å². The van der Waals surface area contributed by atoms with Crippen LogP contribution in [0.2, 0.25) is 0 Å². The van der Waals surface area contributed by atoms with E-state index in [9.17, 15) is 4.79 Å². The number of hydrogen-bond donors (Lipinski definition) is 2. The molecule has 1 aromatic carbocycles. The average molecular weight is 289 g/mol. The second-order valence-electron chi connectivity index (χ2n) is 4.66. The second-order valence-corrected chi connectivity index (χ2v) is 5.65. The van der Waals surface area contributed by atoms with E-state index in [0.29, 0.717) is 11.6 Å². The van der Waals surface area contributed by atoms with Crippen molar-refractivity contribution in [1.29, 1.82) is 0 Å². The third-order valence-electron chi connectivity index (χ3n) is 2.86. The number of nitrogens with one attached hydrogen (secondary N) is 2. The Morgan fingerprint density at radius 1 is 1.40 bits per heavy atom. The highest BCUT2D eigenvalue weighted by molar-refractivity contribution is 7.99. The van der Waals surface area contributed by atoms with Gasteiger partial charge >= 0.3 is 0 Å². The Labute approximate surface area is 123 Å². The third-order valence-corrected chi connectivity index (χ3v) is 3.87. The van der Waals surface area contributed by atoms with Gasteiger partial charge in [0, 0.05) is 17.5 Å². The number of H-pyrrole nitrogens is 1. The van der Waals surface area contributed by atoms with E-state index in [1.807, 2.05) is 19.1 Å². The second kappa shape index (κ2) is 7.14. The van der Waals surface area contributed by atoms with E-state index < -0.39 is 0 Å². The summed E-state index contributed by atoms with van der Waals surface area (Å²) in [5.74, 6) is 1.86. The van der Waals surface area contributed by atoms with Gasteiger partial charge in [-0.1, -0.05) is 36.8 Å². The molecule has 1 amide bonds. The minimum Gasteiger partial charge on any atom is -0.308 e. The number of aryl methyl sites for hydroxylation is 2. The van der Waals surface area contributed by atoms with Crippen LogP contribution >= 0.6 is 11.8 Å². The Morgan fingerprint density at radius 2 is 2.25 bits per heavy atom. The smallest absolute Gasteiger partial charge is 0.235 e. The molecule has 2 N–H and O–H groups in total. The van der Waals surface area contributed by atoms with E-state index in [4.69, 9.17) is 0 Å². The van der Waals surface area contributed by atoms with Crippen LogP contribution in [0.5, 0.6) is 0 Å². The van der Waals surface area contributed by atoms with Crippen molar-refractivity contribution in [2.75, 3.05) is 11.1 Å².